The summed E-state index contributed by atoms with van der Waals surface area (Å²) in [5.74, 6) is -3.02. The van der Waals surface area contributed by atoms with Crippen molar-refractivity contribution in [3.05, 3.63) is 60.2 Å². The third-order valence-electron chi connectivity index (χ3n) is 8.25. The molecule has 2 saturated heterocycles. The number of hydrogen-bond acceptors (Lipinski definition) is 6. The van der Waals surface area contributed by atoms with E-state index >= 15 is 0 Å². The highest BCUT2D eigenvalue weighted by molar-refractivity contribution is 5.99. The summed E-state index contributed by atoms with van der Waals surface area (Å²) in [7, 11) is 0. The van der Waals surface area contributed by atoms with Crippen molar-refractivity contribution in [1.82, 2.24) is 9.80 Å². The fourth-order valence-corrected chi connectivity index (χ4v) is 6.51. The summed E-state index contributed by atoms with van der Waals surface area (Å²) in [6.07, 6.45) is 7.74. The van der Waals surface area contributed by atoms with Gasteiger partial charge in [0.2, 0.25) is 11.8 Å². The molecule has 4 aliphatic heterocycles. The summed E-state index contributed by atoms with van der Waals surface area (Å²) in [6, 6.07) is 8.08. The summed E-state index contributed by atoms with van der Waals surface area (Å²) in [5.41, 5.74) is -1.42. The van der Waals surface area contributed by atoms with Crippen LogP contribution in [-0.2, 0) is 30.4 Å². The van der Waals surface area contributed by atoms with Crippen LogP contribution in [0, 0.1) is 17.8 Å². The highest BCUT2D eigenvalue weighted by Gasteiger charge is 2.76. The summed E-state index contributed by atoms with van der Waals surface area (Å²) in [5, 5.41) is 10.3. The Hall–Kier alpha value is -2.97. The molecule has 1 spiro atoms. The van der Waals surface area contributed by atoms with E-state index in [0.29, 0.717) is 19.5 Å². The van der Waals surface area contributed by atoms with Crippen LogP contribution in [0.2, 0.25) is 0 Å². The fraction of sp³-hybridized carbons (Fsp3) is 0.536. The van der Waals surface area contributed by atoms with Crippen LogP contribution < -0.4 is 0 Å². The molecule has 0 aliphatic carbocycles. The normalized spacial score (nSPS) is 34.2. The Labute approximate surface area is 211 Å². The number of carbonyl (C=O) groups excluding carboxylic acids is 3. The van der Waals surface area contributed by atoms with Gasteiger partial charge in [-0.1, -0.05) is 69.3 Å². The Morgan fingerprint density at radius 1 is 1.06 bits per heavy atom. The number of likely N-dealkylation sites (tertiary alicyclic amines) is 1. The van der Waals surface area contributed by atoms with E-state index in [1.807, 2.05) is 69.3 Å². The van der Waals surface area contributed by atoms with Gasteiger partial charge in [0.25, 0.3) is 0 Å². The van der Waals surface area contributed by atoms with Gasteiger partial charge in [0, 0.05) is 13.1 Å². The minimum Gasteiger partial charge on any atom is -0.461 e. The quantitative estimate of drug-likeness (QED) is 0.481. The molecule has 6 atom stereocenters. The largest absolute Gasteiger partial charge is 0.461 e. The average Bonchev–Trinajstić information content (AvgIpc) is 3.14. The lowest BCUT2D eigenvalue weighted by Crippen LogP contribution is -2.59. The number of benzene rings is 1. The van der Waals surface area contributed by atoms with Crippen LogP contribution in [0.5, 0.6) is 0 Å². The SMILES string of the molecule is CC[C@]12C=CCOC(=O)[C@H]1[C@H]1C(=O)N([C@@H](CO)C(C)C)C3C(=O)N(Cc4ccccc4)CC=C[C@@]31O2. The van der Waals surface area contributed by atoms with Crippen molar-refractivity contribution < 1.29 is 29.0 Å². The number of hydrogen-bond donors (Lipinski definition) is 1. The number of aliphatic hydroxyl groups is 1. The molecule has 192 valence electrons. The third-order valence-corrected chi connectivity index (χ3v) is 8.25. The first kappa shape index (κ1) is 24.7. The van der Waals surface area contributed by atoms with Crippen molar-refractivity contribution in [1.29, 1.82) is 0 Å². The van der Waals surface area contributed by atoms with E-state index in [0.717, 1.165) is 5.56 Å². The van der Waals surface area contributed by atoms with Crippen molar-refractivity contribution in [2.24, 2.45) is 17.8 Å². The van der Waals surface area contributed by atoms with Crippen molar-refractivity contribution in [2.45, 2.75) is 57.0 Å². The predicted molar refractivity (Wildman–Crippen MR) is 131 cm³/mol. The Balaban J connectivity index is 1.65. The van der Waals surface area contributed by atoms with E-state index in [1.165, 1.54) is 4.90 Å². The molecule has 0 aromatic heterocycles. The number of cyclic esters (lactones) is 1. The van der Waals surface area contributed by atoms with Gasteiger partial charge >= 0.3 is 5.97 Å². The molecule has 4 heterocycles. The topological polar surface area (TPSA) is 96.4 Å². The number of carbonyl (C=O) groups is 3. The number of aliphatic hydroxyl groups excluding tert-OH is 1. The average molecular weight is 495 g/mol. The lowest BCUT2D eigenvalue weighted by atomic mass is 9.73. The van der Waals surface area contributed by atoms with Crippen LogP contribution >= 0.6 is 0 Å². The first-order valence-corrected chi connectivity index (χ1v) is 12.8. The number of fused-ring (bicyclic) bond motifs is 2. The van der Waals surface area contributed by atoms with E-state index in [2.05, 4.69) is 0 Å². The smallest absolute Gasteiger partial charge is 0.313 e. The zero-order valence-electron chi connectivity index (χ0n) is 21.0. The fourth-order valence-electron chi connectivity index (χ4n) is 6.51. The van der Waals surface area contributed by atoms with Gasteiger partial charge in [-0.3, -0.25) is 14.4 Å². The Morgan fingerprint density at radius 3 is 2.47 bits per heavy atom. The molecule has 4 aliphatic rings. The van der Waals surface area contributed by atoms with Gasteiger partial charge in [0.1, 0.15) is 29.8 Å². The Morgan fingerprint density at radius 2 is 1.81 bits per heavy atom. The molecule has 8 heteroatoms. The molecule has 0 saturated carbocycles. The zero-order valence-corrected chi connectivity index (χ0v) is 21.0. The predicted octanol–water partition coefficient (Wildman–Crippen LogP) is 2.08. The summed E-state index contributed by atoms with van der Waals surface area (Å²) in [4.78, 5) is 45.1. The van der Waals surface area contributed by atoms with Crippen LogP contribution in [0.1, 0.15) is 32.8 Å². The van der Waals surface area contributed by atoms with E-state index in [9.17, 15) is 19.5 Å². The van der Waals surface area contributed by atoms with Crippen molar-refractivity contribution in [3.8, 4) is 0 Å². The number of ether oxygens (including phenoxy) is 2. The van der Waals surface area contributed by atoms with E-state index in [1.54, 1.807) is 11.0 Å². The molecule has 5 rings (SSSR count). The molecule has 2 fully saturated rings. The first-order valence-electron chi connectivity index (χ1n) is 12.8. The molecule has 36 heavy (non-hydrogen) atoms. The van der Waals surface area contributed by atoms with Crippen LogP contribution in [0.15, 0.2) is 54.6 Å². The molecule has 1 unspecified atom stereocenters. The molecule has 8 nitrogen and oxygen atoms in total. The number of esters is 1. The molecular formula is C28H34N2O6. The lowest BCUT2D eigenvalue weighted by molar-refractivity contribution is -0.162. The van der Waals surface area contributed by atoms with Gasteiger partial charge < -0.3 is 24.4 Å². The number of nitrogens with zero attached hydrogens (tertiary/aromatic N) is 2. The van der Waals surface area contributed by atoms with E-state index in [-0.39, 0.29) is 30.9 Å². The lowest BCUT2D eigenvalue weighted by Gasteiger charge is -2.41. The Bertz CT molecular complexity index is 1100. The third kappa shape index (κ3) is 3.53. The van der Waals surface area contributed by atoms with Gasteiger partial charge in [-0.15, -0.1) is 0 Å². The van der Waals surface area contributed by atoms with Crippen molar-refractivity contribution in [2.75, 3.05) is 19.8 Å². The minimum absolute atomic E-state index is 0.116. The van der Waals surface area contributed by atoms with Crippen molar-refractivity contribution >= 4 is 17.8 Å². The summed E-state index contributed by atoms with van der Waals surface area (Å²) >= 11 is 0. The van der Waals surface area contributed by atoms with Gasteiger partial charge in [-0.2, -0.15) is 0 Å². The zero-order chi connectivity index (χ0) is 25.7. The molecule has 2 amide bonds. The van der Waals surface area contributed by atoms with E-state index in [4.69, 9.17) is 9.47 Å². The Kier molecular flexibility index (Phi) is 6.29. The van der Waals surface area contributed by atoms with Crippen LogP contribution in [-0.4, -0.2) is 75.7 Å². The second kappa shape index (κ2) is 9.16. The van der Waals surface area contributed by atoms with Gasteiger partial charge in [-0.25, -0.2) is 0 Å². The number of rotatable bonds is 6. The van der Waals surface area contributed by atoms with Gasteiger partial charge in [-0.05, 0) is 24.0 Å². The maximum atomic E-state index is 14.3. The molecular weight excluding hydrogens is 460 g/mol. The van der Waals surface area contributed by atoms with Crippen LogP contribution in [0.4, 0.5) is 0 Å². The molecule has 0 radical (unpaired) electrons. The second-order valence-corrected chi connectivity index (χ2v) is 10.5. The highest BCUT2D eigenvalue weighted by Crippen LogP contribution is 2.59. The number of amides is 2. The highest BCUT2D eigenvalue weighted by atomic mass is 16.6. The summed E-state index contributed by atoms with van der Waals surface area (Å²) in [6.45, 7) is 6.28. The monoisotopic (exact) mass is 494 g/mol. The first-order chi connectivity index (χ1) is 17.3. The van der Waals surface area contributed by atoms with E-state index < -0.39 is 41.1 Å². The van der Waals surface area contributed by atoms with Crippen LogP contribution in [0.3, 0.4) is 0 Å². The summed E-state index contributed by atoms with van der Waals surface area (Å²) < 4.78 is 12.3. The standard InChI is InChI=1S/C28H34N2O6/c1-4-27-12-9-15-35-26(34)22(27)21-24(32)30(20(17-31)18(2)3)23-25(33)29(14-8-13-28(21,23)36-27)16-19-10-6-5-7-11-19/h5-13,18,20-23,31H,4,14-17H2,1-3H3/t20-,21-,22+,23?,27-,28-/m0/s1. The molecule has 1 aromatic carbocycles. The van der Waals surface area contributed by atoms with Gasteiger partial charge in [0.15, 0.2) is 0 Å². The molecule has 0 bridgehead atoms. The minimum atomic E-state index is -1.34. The van der Waals surface area contributed by atoms with Crippen molar-refractivity contribution in [3.63, 3.8) is 0 Å². The van der Waals surface area contributed by atoms with Crippen LogP contribution in [0.25, 0.3) is 0 Å². The maximum absolute atomic E-state index is 14.3. The second-order valence-electron chi connectivity index (χ2n) is 10.5. The molecule has 1 aromatic rings. The van der Waals surface area contributed by atoms with Gasteiger partial charge in [0.05, 0.1) is 18.6 Å². The molecule has 1 N–H and O–H groups in total. The maximum Gasteiger partial charge on any atom is 0.313 e.